The summed E-state index contributed by atoms with van der Waals surface area (Å²) in [5, 5.41) is 0. The summed E-state index contributed by atoms with van der Waals surface area (Å²) in [4.78, 5) is -0.000556. The van der Waals surface area contributed by atoms with Gasteiger partial charge in [0.25, 0.3) is 10.1 Å². The monoisotopic (exact) mass is 298 g/mol. The van der Waals surface area contributed by atoms with Crippen LogP contribution in [0.2, 0.25) is 0 Å². The Bertz CT molecular complexity index is 372. The third-order valence-corrected chi connectivity index (χ3v) is 3.17. The van der Waals surface area contributed by atoms with Crippen LogP contribution in [0.4, 0.5) is 0 Å². The fraction of sp³-hybridized carbons (Fsp3) is 0.143. The third kappa shape index (κ3) is 2.18. The van der Waals surface area contributed by atoms with Crippen LogP contribution >= 0.6 is 22.6 Å². The molecule has 1 rings (SSSR count). The lowest BCUT2D eigenvalue weighted by Gasteiger charge is -2.01. The molecule has 1 aromatic rings. The quantitative estimate of drug-likeness (QED) is 0.515. The van der Waals surface area contributed by atoms with E-state index in [-0.39, 0.29) is 4.90 Å². The fourth-order valence-corrected chi connectivity index (χ4v) is 2.51. The number of benzene rings is 1. The molecule has 5 heteroatoms. The van der Waals surface area contributed by atoms with Crippen LogP contribution in [0.25, 0.3) is 0 Å². The van der Waals surface area contributed by atoms with Gasteiger partial charge in [0.2, 0.25) is 0 Å². The molecule has 0 amide bonds. The summed E-state index contributed by atoms with van der Waals surface area (Å²) in [7, 11) is -4.05. The molecular formula is C7H7IO3S. The van der Waals surface area contributed by atoms with Crippen molar-refractivity contribution in [2.24, 2.45) is 0 Å². The standard InChI is InChI=1S/C7H7IO3S/c8-5-6-3-1-2-4-7(6)12(9,10)11/h1-4H,5H2,(H,9,10,11). The molecule has 1 aromatic carbocycles. The van der Waals surface area contributed by atoms with Crippen molar-refractivity contribution in [3.8, 4) is 0 Å². The second kappa shape index (κ2) is 3.71. The predicted molar refractivity (Wildman–Crippen MR) is 54.0 cm³/mol. The highest BCUT2D eigenvalue weighted by Crippen LogP contribution is 2.17. The van der Waals surface area contributed by atoms with E-state index in [0.717, 1.165) is 0 Å². The molecule has 0 aliphatic heterocycles. The summed E-state index contributed by atoms with van der Waals surface area (Å²) < 4.78 is 30.9. The predicted octanol–water partition coefficient (Wildman–Crippen LogP) is 1.87. The van der Waals surface area contributed by atoms with Crippen molar-refractivity contribution in [3.63, 3.8) is 0 Å². The summed E-state index contributed by atoms with van der Waals surface area (Å²) in [6.45, 7) is 0. The summed E-state index contributed by atoms with van der Waals surface area (Å²) in [6, 6.07) is 6.39. The molecular weight excluding hydrogens is 291 g/mol. The maximum absolute atomic E-state index is 10.8. The van der Waals surface area contributed by atoms with Gasteiger partial charge < -0.3 is 0 Å². The van der Waals surface area contributed by atoms with E-state index in [9.17, 15) is 8.42 Å². The van der Waals surface area contributed by atoms with Crippen LogP contribution in [-0.2, 0) is 14.5 Å². The Hall–Kier alpha value is -0.140. The highest BCUT2D eigenvalue weighted by Gasteiger charge is 2.12. The lowest BCUT2D eigenvalue weighted by Crippen LogP contribution is -2.01. The smallest absolute Gasteiger partial charge is 0.282 e. The van der Waals surface area contributed by atoms with Gasteiger partial charge in [0.1, 0.15) is 0 Å². The average Bonchev–Trinajstić information content (AvgIpc) is 2.03. The minimum Gasteiger partial charge on any atom is -0.282 e. The van der Waals surface area contributed by atoms with Gasteiger partial charge in [-0.25, -0.2) is 0 Å². The van der Waals surface area contributed by atoms with Crippen molar-refractivity contribution in [2.75, 3.05) is 0 Å². The molecule has 0 atom stereocenters. The van der Waals surface area contributed by atoms with E-state index in [1.165, 1.54) is 6.07 Å². The molecule has 12 heavy (non-hydrogen) atoms. The van der Waals surface area contributed by atoms with Crippen LogP contribution in [0.1, 0.15) is 5.56 Å². The Kier molecular flexibility index (Phi) is 3.08. The molecule has 0 fully saturated rings. The zero-order valence-corrected chi connectivity index (χ0v) is 9.04. The Morgan fingerprint density at radius 2 is 1.92 bits per heavy atom. The van der Waals surface area contributed by atoms with Gasteiger partial charge >= 0.3 is 0 Å². The molecule has 0 unspecified atom stereocenters. The first-order chi connectivity index (χ1) is 5.55. The van der Waals surface area contributed by atoms with Gasteiger partial charge in [-0.1, -0.05) is 40.8 Å². The molecule has 0 saturated heterocycles. The van der Waals surface area contributed by atoms with Crippen molar-refractivity contribution < 1.29 is 13.0 Å². The lowest BCUT2D eigenvalue weighted by molar-refractivity contribution is 0.482. The zero-order valence-electron chi connectivity index (χ0n) is 6.07. The fourth-order valence-electron chi connectivity index (χ4n) is 0.866. The van der Waals surface area contributed by atoms with Gasteiger partial charge in [-0.3, -0.25) is 4.55 Å². The first-order valence-corrected chi connectivity index (χ1v) is 6.13. The highest BCUT2D eigenvalue weighted by atomic mass is 127. The number of alkyl halides is 1. The maximum atomic E-state index is 10.8. The number of hydrogen-bond acceptors (Lipinski definition) is 2. The summed E-state index contributed by atoms with van der Waals surface area (Å²) >= 11 is 2.04. The van der Waals surface area contributed by atoms with Crippen LogP contribution in [0.15, 0.2) is 29.2 Å². The summed E-state index contributed by atoms with van der Waals surface area (Å²) in [5.74, 6) is 0. The van der Waals surface area contributed by atoms with Crippen molar-refractivity contribution in [3.05, 3.63) is 29.8 Å². The summed E-state index contributed by atoms with van der Waals surface area (Å²) in [6.07, 6.45) is 0. The van der Waals surface area contributed by atoms with Crippen molar-refractivity contribution >= 4 is 32.7 Å². The minimum absolute atomic E-state index is 0.000556. The van der Waals surface area contributed by atoms with E-state index in [1.807, 2.05) is 22.6 Å². The average molecular weight is 298 g/mol. The molecule has 66 valence electrons. The van der Waals surface area contributed by atoms with Gasteiger partial charge in [-0.15, -0.1) is 0 Å². The van der Waals surface area contributed by atoms with Gasteiger partial charge in [-0.05, 0) is 11.6 Å². The number of halogens is 1. The third-order valence-electron chi connectivity index (χ3n) is 1.39. The van der Waals surface area contributed by atoms with Crippen LogP contribution in [0, 0.1) is 0 Å². The molecule has 1 N–H and O–H groups in total. The van der Waals surface area contributed by atoms with Gasteiger partial charge in [0.15, 0.2) is 0 Å². The van der Waals surface area contributed by atoms with Crippen LogP contribution in [-0.4, -0.2) is 13.0 Å². The molecule has 0 radical (unpaired) electrons. The van der Waals surface area contributed by atoms with E-state index < -0.39 is 10.1 Å². The van der Waals surface area contributed by atoms with Gasteiger partial charge in [-0.2, -0.15) is 8.42 Å². The molecule has 0 aromatic heterocycles. The lowest BCUT2D eigenvalue weighted by atomic mass is 10.2. The van der Waals surface area contributed by atoms with E-state index >= 15 is 0 Å². The molecule has 3 nitrogen and oxygen atoms in total. The Labute approximate surface area is 84.7 Å². The number of rotatable bonds is 2. The van der Waals surface area contributed by atoms with Crippen molar-refractivity contribution in [1.82, 2.24) is 0 Å². The Morgan fingerprint density at radius 1 is 1.33 bits per heavy atom. The normalized spacial score (nSPS) is 11.5. The topological polar surface area (TPSA) is 54.4 Å². The van der Waals surface area contributed by atoms with Gasteiger partial charge in [0, 0.05) is 4.43 Å². The van der Waals surface area contributed by atoms with E-state index in [2.05, 4.69) is 0 Å². The largest absolute Gasteiger partial charge is 0.294 e. The van der Waals surface area contributed by atoms with Gasteiger partial charge in [0.05, 0.1) is 4.90 Å². The SMILES string of the molecule is O=S(=O)(O)c1ccccc1CI. The molecule has 0 saturated carbocycles. The first-order valence-electron chi connectivity index (χ1n) is 3.17. The molecule has 0 bridgehead atoms. The van der Waals surface area contributed by atoms with Crippen molar-refractivity contribution in [1.29, 1.82) is 0 Å². The van der Waals surface area contributed by atoms with E-state index in [0.29, 0.717) is 9.99 Å². The van der Waals surface area contributed by atoms with E-state index in [1.54, 1.807) is 18.2 Å². The maximum Gasteiger partial charge on any atom is 0.294 e. The van der Waals surface area contributed by atoms with Crippen LogP contribution in [0.3, 0.4) is 0 Å². The molecule has 0 spiro atoms. The minimum atomic E-state index is -4.05. The zero-order chi connectivity index (χ0) is 9.19. The van der Waals surface area contributed by atoms with E-state index in [4.69, 9.17) is 4.55 Å². The first kappa shape index (κ1) is 9.94. The highest BCUT2D eigenvalue weighted by molar-refractivity contribution is 14.1. The van der Waals surface area contributed by atoms with Crippen LogP contribution < -0.4 is 0 Å². The molecule has 0 heterocycles. The summed E-state index contributed by atoms with van der Waals surface area (Å²) in [5.41, 5.74) is 0.626. The van der Waals surface area contributed by atoms with Crippen molar-refractivity contribution in [2.45, 2.75) is 9.32 Å². The Morgan fingerprint density at radius 3 is 2.33 bits per heavy atom. The molecule has 0 aliphatic rings. The Balaban J connectivity index is 3.33. The van der Waals surface area contributed by atoms with Crippen LogP contribution in [0.5, 0.6) is 0 Å². The second-order valence-electron chi connectivity index (χ2n) is 2.22. The number of hydrogen-bond donors (Lipinski definition) is 1. The molecule has 0 aliphatic carbocycles. The second-order valence-corrected chi connectivity index (χ2v) is 4.37.